The molecule has 0 bridgehead atoms. The zero-order valence-corrected chi connectivity index (χ0v) is 15.0. The summed E-state index contributed by atoms with van der Waals surface area (Å²) in [6.45, 7) is 2.09. The van der Waals surface area contributed by atoms with Crippen molar-refractivity contribution in [3.05, 3.63) is 77.7 Å². The number of halogens is 1. The van der Waals surface area contributed by atoms with Crippen LogP contribution < -0.4 is 5.32 Å². The van der Waals surface area contributed by atoms with E-state index >= 15 is 0 Å². The van der Waals surface area contributed by atoms with Crippen molar-refractivity contribution in [3.63, 3.8) is 0 Å². The van der Waals surface area contributed by atoms with Gasteiger partial charge in [-0.25, -0.2) is 9.37 Å². The molecule has 0 aliphatic rings. The number of hydrogen-bond acceptors (Lipinski definition) is 3. The normalized spacial score (nSPS) is 11.1. The molecule has 0 aliphatic carbocycles. The van der Waals surface area contributed by atoms with E-state index in [1.54, 1.807) is 18.3 Å². The van der Waals surface area contributed by atoms with Crippen LogP contribution in [-0.4, -0.2) is 15.1 Å². The Labute approximate surface area is 156 Å². The number of nitrogens with one attached hydrogen (secondary N) is 2. The smallest absolute Gasteiger partial charge is 0.139 e. The molecular formula is C22H20FN3O. The molecule has 4 aromatic rings. The predicted molar refractivity (Wildman–Crippen MR) is 107 cm³/mol. The van der Waals surface area contributed by atoms with E-state index in [2.05, 4.69) is 22.2 Å². The number of fused-ring (bicyclic) bond motifs is 1. The Balaban J connectivity index is 1.76. The van der Waals surface area contributed by atoms with Gasteiger partial charge in [-0.15, -0.1) is 0 Å². The third-order valence-corrected chi connectivity index (χ3v) is 4.75. The Kier molecular flexibility index (Phi) is 4.60. The summed E-state index contributed by atoms with van der Waals surface area (Å²) < 4.78 is 13.2. The Bertz CT molecular complexity index is 1090. The van der Waals surface area contributed by atoms with Crippen LogP contribution in [0.3, 0.4) is 0 Å². The van der Waals surface area contributed by atoms with Gasteiger partial charge < -0.3 is 15.4 Å². The van der Waals surface area contributed by atoms with E-state index in [0.717, 1.165) is 51.2 Å². The van der Waals surface area contributed by atoms with Gasteiger partial charge in [0.15, 0.2) is 0 Å². The van der Waals surface area contributed by atoms with Gasteiger partial charge in [0, 0.05) is 23.0 Å². The van der Waals surface area contributed by atoms with Gasteiger partial charge in [-0.3, -0.25) is 0 Å². The van der Waals surface area contributed by atoms with Crippen molar-refractivity contribution < 1.29 is 9.50 Å². The average Bonchev–Trinajstić information content (AvgIpc) is 3.13. The number of aliphatic hydroxyl groups is 1. The first-order valence-corrected chi connectivity index (χ1v) is 8.92. The number of aliphatic hydroxyl groups excluding tert-OH is 1. The summed E-state index contributed by atoms with van der Waals surface area (Å²) in [5, 5.41) is 14.0. The van der Waals surface area contributed by atoms with Crippen molar-refractivity contribution in [1.29, 1.82) is 0 Å². The highest BCUT2D eigenvalue weighted by Gasteiger charge is 2.11. The number of H-pyrrole nitrogens is 1. The minimum atomic E-state index is -0.258. The summed E-state index contributed by atoms with van der Waals surface area (Å²) in [4.78, 5) is 7.71. The van der Waals surface area contributed by atoms with Gasteiger partial charge in [-0.2, -0.15) is 0 Å². The molecule has 4 rings (SSSR count). The van der Waals surface area contributed by atoms with Crippen LogP contribution in [0.1, 0.15) is 18.1 Å². The highest BCUT2D eigenvalue weighted by Crippen LogP contribution is 2.31. The van der Waals surface area contributed by atoms with Gasteiger partial charge >= 0.3 is 0 Å². The van der Waals surface area contributed by atoms with Crippen LogP contribution in [0, 0.1) is 5.82 Å². The summed E-state index contributed by atoms with van der Waals surface area (Å²) in [6, 6.07) is 16.2. The largest absolute Gasteiger partial charge is 0.392 e. The highest BCUT2D eigenvalue weighted by atomic mass is 19.1. The lowest BCUT2D eigenvalue weighted by molar-refractivity contribution is 0.281. The zero-order chi connectivity index (χ0) is 18.8. The lowest BCUT2D eigenvalue weighted by atomic mass is 10.0. The fourth-order valence-corrected chi connectivity index (χ4v) is 3.38. The molecule has 2 heterocycles. The molecule has 0 radical (unpaired) electrons. The molecule has 136 valence electrons. The van der Waals surface area contributed by atoms with Gasteiger partial charge in [-0.1, -0.05) is 19.1 Å². The second-order valence-corrected chi connectivity index (χ2v) is 6.39. The van der Waals surface area contributed by atoms with Crippen LogP contribution in [0.5, 0.6) is 0 Å². The van der Waals surface area contributed by atoms with Crippen LogP contribution in [0.2, 0.25) is 0 Å². The average molecular weight is 361 g/mol. The van der Waals surface area contributed by atoms with Crippen molar-refractivity contribution in [3.8, 4) is 11.3 Å². The first-order valence-electron chi connectivity index (χ1n) is 8.92. The molecule has 0 unspecified atom stereocenters. The first kappa shape index (κ1) is 17.2. The maximum Gasteiger partial charge on any atom is 0.139 e. The van der Waals surface area contributed by atoms with Gasteiger partial charge in [0.1, 0.15) is 11.5 Å². The highest BCUT2D eigenvalue weighted by molar-refractivity contribution is 5.95. The number of benzene rings is 2. The third-order valence-electron chi connectivity index (χ3n) is 4.75. The molecule has 5 heteroatoms. The number of pyridine rings is 1. The summed E-state index contributed by atoms with van der Waals surface area (Å²) in [5.74, 6) is -0.258. The van der Waals surface area contributed by atoms with Crippen molar-refractivity contribution in [2.45, 2.75) is 20.0 Å². The summed E-state index contributed by atoms with van der Waals surface area (Å²) in [6.07, 6.45) is 2.57. The number of anilines is 2. The lowest BCUT2D eigenvalue weighted by Gasteiger charge is -2.14. The molecule has 0 saturated heterocycles. The maximum atomic E-state index is 13.2. The SMILES string of the molecule is CCc1c(CO)cccc1Nc1ccnc2[nH]c(-c3ccc(F)cc3)cc12. The first-order chi connectivity index (χ1) is 13.2. The third kappa shape index (κ3) is 3.29. The fraction of sp³-hybridized carbons (Fsp3) is 0.136. The Morgan fingerprint density at radius 2 is 1.89 bits per heavy atom. The monoisotopic (exact) mass is 361 g/mol. The van der Waals surface area contributed by atoms with Crippen LogP contribution in [0.4, 0.5) is 15.8 Å². The van der Waals surface area contributed by atoms with Crippen molar-refractivity contribution in [2.75, 3.05) is 5.32 Å². The van der Waals surface area contributed by atoms with Crippen LogP contribution >= 0.6 is 0 Å². The molecule has 0 saturated carbocycles. The van der Waals surface area contributed by atoms with Gasteiger partial charge in [0.05, 0.1) is 12.3 Å². The number of aromatic nitrogens is 2. The van der Waals surface area contributed by atoms with E-state index in [9.17, 15) is 9.50 Å². The molecule has 3 N–H and O–H groups in total. The molecule has 27 heavy (non-hydrogen) atoms. The second-order valence-electron chi connectivity index (χ2n) is 6.39. The van der Waals surface area contributed by atoms with E-state index in [1.165, 1.54) is 12.1 Å². The van der Waals surface area contributed by atoms with E-state index in [4.69, 9.17) is 0 Å². The number of hydrogen-bond donors (Lipinski definition) is 3. The molecule has 0 amide bonds. The zero-order valence-electron chi connectivity index (χ0n) is 15.0. The van der Waals surface area contributed by atoms with E-state index < -0.39 is 0 Å². The molecule has 4 nitrogen and oxygen atoms in total. The predicted octanol–water partition coefficient (Wildman–Crippen LogP) is 5.17. The van der Waals surface area contributed by atoms with Gasteiger partial charge in [-0.05, 0) is 65.6 Å². The minimum absolute atomic E-state index is 0.0172. The molecule has 0 spiro atoms. The van der Waals surface area contributed by atoms with Crippen molar-refractivity contribution in [2.24, 2.45) is 0 Å². The summed E-state index contributed by atoms with van der Waals surface area (Å²) >= 11 is 0. The molecule has 0 aliphatic heterocycles. The standard InChI is InChI=1S/C22H20FN3O/c1-2-17-15(13-27)4-3-5-19(17)25-20-10-11-24-22-18(20)12-21(26-22)14-6-8-16(23)9-7-14/h3-12,27H,2,13H2,1H3,(H2,24,25,26). The molecule has 2 aromatic heterocycles. The fourth-order valence-electron chi connectivity index (χ4n) is 3.38. The van der Waals surface area contributed by atoms with Gasteiger partial charge in [0.25, 0.3) is 0 Å². The quantitative estimate of drug-likeness (QED) is 0.460. The topological polar surface area (TPSA) is 60.9 Å². The number of nitrogens with zero attached hydrogens (tertiary/aromatic N) is 1. The van der Waals surface area contributed by atoms with Crippen LogP contribution in [-0.2, 0) is 13.0 Å². The summed E-state index contributed by atoms with van der Waals surface area (Å²) in [7, 11) is 0. The second kappa shape index (κ2) is 7.21. The lowest BCUT2D eigenvalue weighted by Crippen LogP contribution is -2.00. The van der Waals surface area contributed by atoms with Crippen molar-refractivity contribution in [1.82, 2.24) is 9.97 Å². The van der Waals surface area contributed by atoms with E-state index in [1.807, 2.05) is 30.3 Å². The molecule has 0 fully saturated rings. The van der Waals surface area contributed by atoms with Crippen molar-refractivity contribution >= 4 is 22.4 Å². The van der Waals surface area contributed by atoms with Gasteiger partial charge in [0.2, 0.25) is 0 Å². The van der Waals surface area contributed by atoms with Crippen LogP contribution in [0.15, 0.2) is 60.8 Å². The van der Waals surface area contributed by atoms with Crippen LogP contribution in [0.25, 0.3) is 22.3 Å². The minimum Gasteiger partial charge on any atom is -0.392 e. The Morgan fingerprint density at radius 1 is 1.07 bits per heavy atom. The van der Waals surface area contributed by atoms with E-state index in [0.29, 0.717) is 0 Å². The molecular weight excluding hydrogens is 341 g/mol. The maximum absolute atomic E-state index is 13.2. The Hall–Kier alpha value is -3.18. The molecule has 2 aromatic carbocycles. The Morgan fingerprint density at radius 3 is 2.63 bits per heavy atom. The van der Waals surface area contributed by atoms with E-state index in [-0.39, 0.29) is 12.4 Å². The molecule has 0 atom stereocenters. The summed E-state index contributed by atoms with van der Waals surface area (Å²) in [5.41, 5.74) is 6.46. The number of rotatable bonds is 5. The number of aromatic amines is 1.